The molecular formula is C45H48F2O4. The average Bonchev–Trinajstić information content (AvgIpc) is 3.43. The molecule has 0 aromatic heterocycles. The molecule has 6 heteroatoms. The zero-order chi connectivity index (χ0) is 35.2. The largest absolute Gasteiger partial charge is 0.489 e. The number of halogens is 2. The molecule has 266 valence electrons. The van der Waals surface area contributed by atoms with Gasteiger partial charge in [0.05, 0.1) is 11.1 Å². The van der Waals surface area contributed by atoms with Gasteiger partial charge in [-0.05, 0) is 105 Å². The van der Waals surface area contributed by atoms with Gasteiger partial charge in [0, 0.05) is 23.5 Å². The highest BCUT2D eigenvalue weighted by Gasteiger charge is 2.54. The Kier molecular flexibility index (Phi) is 11.0. The van der Waals surface area contributed by atoms with Gasteiger partial charge in [0.25, 0.3) is 0 Å². The fraction of sp³-hybridized carbons (Fsp3) is 0.422. The summed E-state index contributed by atoms with van der Waals surface area (Å²) in [5.41, 5.74) is 2.21. The molecule has 0 aliphatic heterocycles. The molecule has 0 heterocycles. The lowest BCUT2D eigenvalue weighted by molar-refractivity contribution is -0.0355. The molecule has 0 atom stereocenters. The van der Waals surface area contributed by atoms with Crippen LogP contribution in [0.2, 0.25) is 0 Å². The van der Waals surface area contributed by atoms with Gasteiger partial charge in [0.2, 0.25) is 0 Å². The molecule has 4 aromatic carbocycles. The average molecular weight is 691 g/mol. The summed E-state index contributed by atoms with van der Waals surface area (Å²) in [5.74, 6) is 1.99. The van der Waals surface area contributed by atoms with E-state index in [1.807, 2.05) is 60.7 Å². The number of rotatable bonds is 10. The molecule has 0 amide bonds. The monoisotopic (exact) mass is 690 g/mol. The summed E-state index contributed by atoms with van der Waals surface area (Å²) in [7, 11) is 0. The van der Waals surface area contributed by atoms with Crippen molar-refractivity contribution in [2.75, 3.05) is 0 Å². The van der Waals surface area contributed by atoms with E-state index in [0.29, 0.717) is 42.5 Å². The van der Waals surface area contributed by atoms with E-state index in [-0.39, 0.29) is 34.0 Å². The Balaban J connectivity index is 0.000000161. The summed E-state index contributed by atoms with van der Waals surface area (Å²) in [6.07, 6.45) is 13.0. The quantitative estimate of drug-likeness (QED) is 0.123. The molecule has 5 aliphatic rings. The summed E-state index contributed by atoms with van der Waals surface area (Å²) in [5, 5.41) is 0. The van der Waals surface area contributed by atoms with Gasteiger partial charge in [0.15, 0.2) is 11.6 Å². The van der Waals surface area contributed by atoms with Crippen molar-refractivity contribution in [2.45, 2.75) is 90.3 Å². The summed E-state index contributed by atoms with van der Waals surface area (Å²) < 4.78 is 40.5. The zero-order valence-corrected chi connectivity index (χ0v) is 29.3. The van der Waals surface area contributed by atoms with Crippen LogP contribution in [0.5, 0.6) is 11.5 Å². The predicted molar refractivity (Wildman–Crippen MR) is 195 cm³/mol. The first kappa shape index (κ1) is 35.1. The van der Waals surface area contributed by atoms with Crippen molar-refractivity contribution in [3.05, 3.63) is 131 Å². The molecule has 4 nitrogen and oxygen atoms in total. The molecule has 0 N–H and O–H groups in total. The second-order valence-electron chi connectivity index (χ2n) is 15.4. The minimum Gasteiger partial charge on any atom is -0.489 e. The van der Waals surface area contributed by atoms with E-state index in [1.54, 1.807) is 24.3 Å². The summed E-state index contributed by atoms with van der Waals surface area (Å²) >= 11 is 0. The summed E-state index contributed by atoms with van der Waals surface area (Å²) in [4.78, 5) is 25.9. The van der Waals surface area contributed by atoms with E-state index in [1.165, 1.54) is 44.2 Å². The van der Waals surface area contributed by atoms with Crippen molar-refractivity contribution >= 4 is 11.6 Å². The van der Waals surface area contributed by atoms with Crippen molar-refractivity contribution < 1.29 is 27.8 Å². The van der Waals surface area contributed by atoms with E-state index in [4.69, 9.17) is 9.47 Å². The van der Waals surface area contributed by atoms with Crippen LogP contribution in [0, 0.1) is 40.7 Å². The second-order valence-corrected chi connectivity index (χ2v) is 15.4. The van der Waals surface area contributed by atoms with Crippen molar-refractivity contribution in [3.63, 3.8) is 0 Å². The molecule has 4 aromatic rings. The number of Topliss-reactive ketones (excluding diaryl/α,β-unsaturated/α-hetero) is 2. The Morgan fingerprint density at radius 3 is 1.49 bits per heavy atom. The van der Waals surface area contributed by atoms with Crippen LogP contribution in [0.3, 0.4) is 0 Å². The number of ether oxygens (including phenoxy) is 2. The number of ketones is 2. The number of carbonyl (C=O) groups excluding carboxylic acids is 2. The number of hydrogen-bond donors (Lipinski definition) is 0. The van der Waals surface area contributed by atoms with Crippen LogP contribution >= 0.6 is 0 Å². The molecule has 5 fully saturated rings. The first-order valence-corrected chi connectivity index (χ1v) is 18.9. The fourth-order valence-electron chi connectivity index (χ4n) is 9.47. The Hall–Kier alpha value is -4.32. The van der Waals surface area contributed by atoms with Crippen molar-refractivity contribution in [1.82, 2.24) is 0 Å². The third-order valence-electron chi connectivity index (χ3n) is 11.6. The summed E-state index contributed by atoms with van der Waals surface area (Å²) in [6, 6.07) is 28.9. The molecule has 0 spiro atoms. The summed E-state index contributed by atoms with van der Waals surface area (Å²) in [6.45, 7) is 0.777. The van der Waals surface area contributed by atoms with Gasteiger partial charge in [-0.15, -0.1) is 0 Å². The topological polar surface area (TPSA) is 52.6 Å². The molecule has 4 bridgehead atoms. The Labute approximate surface area is 300 Å². The minimum absolute atomic E-state index is 0.0295. The second kappa shape index (κ2) is 15.9. The number of carbonyl (C=O) groups is 2. The van der Waals surface area contributed by atoms with Gasteiger partial charge in [-0.2, -0.15) is 0 Å². The van der Waals surface area contributed by atoms with Gasteiger partial charge in [-0.1, -0.05) is 86.3 Å². The standard InChI is InChI=1S/C24H25FO2.C21H23FO2/c25-22-11-20(27-15-16-4-2-1-3-5-16)6-7-21(22)23(26)24-12-17-8-18(13-24)10-19(9-17)14-24;22-20-14-18(24-15-16-8-4-3-5-9-16)12-13-19(20)21(23)17-10-6-1-2-7-11-17/h1-7,11,17-19H,8-10,12-15H2;3-5,8-9,12-14,17H,1-2,6-7,10-11,15H2. The zero-order valence-electron chi connectivity index (χ0n) is 29.3. The van der Waals surface area contributed by atoms with Gasteiger partial charge in [-0.25, -0.2) is 8.78 Å². The van der Waals surface area contributed by atoms with Crippen molar-refractivity contribution in [3.8, 4) is 11.5 Å². The maximum absolute atomic E-state index is 14.8. The lowest BCUT2D eigenvalue weighted by Crippen LogP contribution is -2.50. The maximum atomic E-state index is 14.8. The third kappa shape index (κ3) is 8.43. The molecule has 0 radical (unpaired) electrons. The highest BCUT2D eigenvalue weighted by atomic mass is 19.1. The van der Waals surface area contributed by atoms with Crippen molar-refractivity contribution in [2.24, 2.45) is 29.1 Å². The number of benzene rings is 4. The Morgan fingerprint density at radius 2 is 1.04 bits per heavy atom. The highest BCUT2D eigenvalue weighted by molar-refractivity contribution is 6.01. The normalized spacial score (nSPS) is 23.8. The third-order valence-corrected chi connectivity index (χ3v) is 11.6. The van der Waals surface area contributed by atoms with Gasteiger partial charge in [-0.3, -0.25) is 9.59 Å². The smallest absolute Gasteiger partial charge is 0.171 e. The Bertz CT molecular complexity index is 1760. The molecule has 5 saturated carbocycles. The van der Waals surface area contributed by atoms with E-state index < -0.39 is 11.6 Å². The van der Waals surface area contributed by atoms with E-state index in [2.05, 4.69) is 0 Å². The van der Waals surface area contributed by atoms with Crippen LogP contribution in [0.25, 0.3) is 0 Å². The Morgan fingerprint density at radius 1 is 0.588 bits per heavy atom. The predicted octanol–water partition coefficient (Wildman–Crippen LogP) is 11.4. The molecular weight excluding hydrogens is 642 g/mol. The van der Waals surface area contributed by atoms with Crippen LogP contribution in [0.15, 0.2) is 97.1 Å². The molecule has 9 rings (SSSR count). The highest BCUT2D eigenvalue weighted by Crippen LogP contribution is 2.61. The van der Waals surface area contributed by atoms with Crippen LogP contribution in [-0.4, -0.2) is 11.6 Å². The SMILES string of the molecule is O=C(c1ccc(OCc2ccccc2)cc1F)C12CC3CC(CC(C3)C1)C2.O=C(c1ccc(OCc2ccccc2)cc1F)C1CCCCCC1. The van der Waals surface area contributed by atoms with Crippen LogP contribution in [-0.2, 0) is 13.2 Å². The van der Waals surface area contributed by atoms with Crippen molar-refractivity contribution in [1.29, 1.82) is 0 Å². The number of hydrogen-bond acceptors (Lipinski definition) is 4. The van der Waals surface area contributed by atoms with Crippen LogP contribution in [0.1, 0.15) is 109 Å². The lowest BCUT2D eigenvalue weighted by atomic mass is 9.48. The van der Waals surface area contributed by atoms with Gasteiger partial charge >= 0.3 is 0 Å². The molecule has 0 unspecified atom stereocenters. The lowest BCUT2D eigenvalue weighted by Gasteiger charge is -2.55. The molecule has 51 heavy (non-hydrogen) atoms. The van der Waals surface area contributed by atoms with Gasteiger partial charge in [0.1, 0.15) is 36.3 Å². The first-order valence-electron chi connectivity index (χ1n) is 18.9. The van der Waals surface area contributed by atoms with Crippen LogP contribution in [0.4, 0.5) is 8.78 Å². The first-order chi connectivity index (χ1) is 24.8. The maximum Gasteiger partial charge on any atom is 0.171 e. The van der Waals surface area contributed by atoms with E-state index in [9.17, 15) is 18.4 Å². The molecule has 5 aliphatic carbocycles. The van der Waals surface area contributed by atoms with Gasteiger partial charge < -0.3 is 9.47 Å². The minimum atomic E-state index is -0.477. The van der Waals surface area contributed by atoms with E-state index in [0.717, 1.165) is 56.1 Å². The molecule has 0 saturated heterocycles. The van der Waals surface area contributed by atoms with Crippen LogP contribution < -0.4 is 9.47 Å². The van der Waals surface area contributed by atoms with E-state index >= 15 is 0 Å². The fourth-order valence-corrected chi connectivity index (χ4v) is 9.47.